The van der Waals surface area contributed by atoms with Crippen molar-refractivity contribution in [2.75, 3.05) is 41.1 Å². The highest BCUT2D eigenvalue weighted by Crippen LogP contribution is 2.38. The number of cyclic esters (lactones) is 1. The Hall–Kier alpha value is -3.37. The molecule has 2 saturated heterocycles. The van der Waals surface area contributed by atoms with E-state index in [2.05, 4.69) is 13.0 Å². The number of nitrogens with zero attached hydrogens (tertiary/aromatic N) is 1. The lowest BCUT2D eigenvalue weighted by Gasteiger charge is -2.42. The number of aliphatic hydroxyl groups is 2. The topological polar surface area (TPSA) is 184 Å². The van der Waals surface area contributed by atoms with E-state index >= 15 is 0 Å². The number of carbonyl (C=O) groups excluding carboxylic acids is 5. The number of hydrogen-bond acceptors (Lipinski definition) is 13. The first kappa shape index (κ1) is 57.2. The van der Waals surface area contributed by atoms with E-state index in [4.69, 9.17) is 28.4 Å². The van der Waals surface area contributed by atoms with Crippen LogP contribution in [-0.4, -0.2) is 134 Å². The average Bonchev–Trinajstić information content (AvgIpc) is 3.32. The number of methoxy groups -OCH3 is 3. The second-order valence-corrected chi connectivity index (χ2v) is 20.5. The fraction of sp³-hybridized carbons (Fsp3) is 0.759. The zero-order chi connectivity index (χ0) is 50.3. The van der Waals surface area contributed by atoms with E-state index in [1.54, 1.807) is 28.1 Å². The molecular weight excluding hydrogens is 871 g/mol. The molecule has 3 aliphatic heterocycles. The van der Waals surface area contributed by atoms with Crippen molar-refractivity contribution in [3.63, 3.8) is 0 Å². The van der Waals surface area contributed by atoms with E-state index in [1.807, 2.05) is 65.0 Å². The Kier molecular flexibility index (Phi) is 23.0. The first-order chi connectivity index (χ1) is 32.3. The summed E-state index contributed by atoms with van der Waals surface area (Å²) < 4.78 is 35.9. The van der Waals surface area contributed by atoms with Crippen LogP contribution in [-0.2, 0) is 52.4 Å². The molecule has 1 saturated carbocycles. The number of ketones is 3. The quantitative estimate of drug-likeness (QED) is 0.132. The number of carbonyl (C=O) groups is 5. The van der Waals surface area contributed by atoms with E-state index in [9.17, 15) is 34.2 Å². The van der Waals surface area contributed by atoms with Gasteiger partial charge in [0.05, 0.1) is 37.6 Å². The third-order valence-corrected chi connectivity index (χ3v) is 15.3. The van der Waals surface area contributed by atoms with E-state index in [1.165, 1.54) is 12.0 Å². The van der Waals surface area contributed by atoms with Gasteiger partial charge in [-0.3, -0.25) is 19.2 Å². The van der Waals surface area contributed by atoms with Gasteiger partial charge < -0.3 is 43.5 Å². The predicted octanol–water partition coefficient (Wildman–Crippen LogP) is 7.47. The number of hydrogen-bond donors (Lipinski definition) is 2. The molecule has 0 aromatic carbocycles. The van der Waals surface area contributed by atoms with E-state index in [0.29, 0.717) is 51.4 Å². The molecule has 0 aromatic rings. The fourth-order valence-corrected chi connectivity index (χ4v) is 10.7. The molecule has 384 valence electrons. The number of allylic oxidation sites excluding steroid dienone is 6. The summed E-state index contributed by atoms with van der Waals surface area (Å²) in [7, 11) is 4.78. The minimum atomic E-state index is -2.42. The average molecular weight is 956 g/mol. The van der Waals surface area contributed by atoms with E-state index < -0.39 is 65.7 Å². The van der Waals surface area contributed by atoms with Gasteiger partial charge in [0.15, 0.2) is 5.78 Å². The van der Waals surface area contributed by atoms with E-state index in [0.717, 1.165) is 24.0 Å². The number of Topliss-reactive ketones (excluding diaryl/α,β-unsaturated/α-hetero) is 3. The Morgan fingerprint density at radius 2 is 1.57 bits per heavy atom. The van der Waals surface area contributed by atoms with Gasteiger partial charge in [0.2, 0.25) is 5.79 Å². The lowest BCUT2D eigenvalue weighted by Crippen LogP contribution is -2.61. The molecule has 3 heterocycles. The number of piperidine rings is 1. The zero-order valence-electron chi connectivity index (χ0n) is 43.0. The fourth-order valence-electron chi connectivity index (χ4n) is 10.7. The summed E-state index contributed by atoms with van der Waals surface area (Å²) in [6, 6.07) is -1.11. The second-order valence-electron chi connectivity index (χ2n) is 20.5. The Morgan fingerprint density at radius 1 is 0.838 bits per heavy atom. The van der Waals surface area contributed by atoms with Gasteiger partial charge in [0.1, 0.15) is 24.0 Å². The van der Waals surface area contributed by atoms with Crippen molar-refractivity contribution < 1.29 is 62.6 Å². The number of esters is 1. The number of fused-ring (bicyclic) bond motifs is 3. The SMILES string of the molecule is CO[C@H]1C[C@@H]2CC[C@@H](C)[C@@](O)(O2)C(=O)C(=O)N2CCCC[C@H]2C(=O)OC([C@H](C)C[C@@H]2CCC(OCCO)[C@H](OC)C2)CC(=O)[C@H](C)/C=C(\C)[C@@H](C)[C@@H](OC)C(=O)[C@H](C)C[C@H](C)/C=C/C=CC=C1C. The summed E-state index contributed by atoms with van der Waals surface area (Å²) in [4.78, 5) is 72.5. The number of amides is 1. The van der Waals surface area contributed by atoms with Crippen molar-refractivity contribution >= 4 is 29.2 Å². The highest BCUT2D eigenvalue weighted by atomic mass is 16.6. The van der Waals surface area contributed by atoms with Crippen molar-refractivity contribution in [1.82, 2.24) is 4.90 Å². The van der Waals surface area contributed by atoms with E-state index in [-0.39, 0.29) is 86.0 Å². The van der Waals surface area contributed by atoms with Crippen LogP contribution in [0.25, 0.3) is 0 Å². The molecule has 2 bridgehead atoms. The van der Waals surface area contributed by atoms with Crippen molar-refractivity contribution in [3.8, 4) is 0 Å². The molecule has 1 amide bonds. The number of rotatable bonds is 9. The molecule has 0 aromatic heterocycles. The molecule has 3 fully saturated rings. The van der Waals surface area contributed by atoms with Crippen molar-refractivity contribution in [2.45, 2.75) is 181 Å². The molecule has 15 atom stereocenters. The molecule has 14 nitrogen and oxygen atoms in total. The highest BCUT2D eigenvalue weighted by Gasteiger charge is 2.53. The summed E-state index contributed by atoms with van der Waals surface area (Å²) in [5.74, 6) is -7.32. The van der Waals surface area contributed by atoms with Crippen LogP contribution in [0.1, 0.15) is 132 Å². The molecule has 4 aliphatic rings. The summed E-state index contributed by atoms with van der Waals surface area (Å²) in [5, 5.41) is 21.3. The lowest BCUT2D eigenvalue weighted by atomic mass is 9.78. The van der Waals surface area contributed by atoms with Gasteiger partial charge >= 0.3 is 5.97 Å². The van der Waals surface area contributed by atoms with Gasteiger partial charge in [-0.1, -0.05) is 83.6 Å². The first-order valence-electron chi connectivity index (χ1n) is 25.3. The van der Waals surface area contributed by atoms with Gasteiger partial charge in [0, 0.05) is 64.4 Å². The van der Waals surface area contributed by atoms with Gasteiger partial charge in [-0.15, -0.1) is 0 Å². The number of ether oxygens (including phenoxy) is 6. The first-order valence-corrected chi connectivity index (χ1v) is 25.3. The van der Waals surface area contributed by atoms with Crippen molar-refractivity contribution in [3.05, 3.63) is 47.6 Å². The summed E-state index contributed by atoms with van der Waals surface area (Å²) >= 11 is 0. The molecule has 2 N–H and O–H groups in total. The van der Waals surface area contributed by atoms with Gasteiger partial charge in [-0.05, 0) is 101 Å². The Balaban J connectivity index is 1.70. The minimum Gasteiger partial charge on any atom is -0.460 e. The number of aliphatic hydroxyl groups excluding tert-OH is 1. The van der Waals surface area contributed by atoms with Crippen LogP contribution in [0, 0.1) is 41.4 Å². The molecule has 4 rings (SSSR count). The third-order valence-electron chi connectivity index (χ3n) is 15.3. The molecule has 0 radical (unpaired) electrons. The van der Waals surface area contributed by atoms with Crippen LogP contribution in [0.5, 0.6) is 0 Å². The second kappa shape index (κ2) is 27.3. The van der Waals surface area contributed by atoms with Crippen LogP contribution in [0.3, 0.4) is 0 Å². The molecule has 2 unspecified atom stereocenters. The third kappa shape index (κ3) is 15.3. The lowest BCUT2D eigenvalue weighted by molar-refractivity contribution is -0.265. The summed E-state index contributed by atoms with van der Waals surface area (Å²) in [6.45, 7) is 15.5. The molecule has 0 spiro atoms. The maximum Gasteiger partial charge on any atom is 0.329 e. The predicted molar refractivity (Wildman–Crippen MR) is 259 cm³/mol. The molecular formula is C54H85NO13. The van der Waals surface area contributed by atoms with Gasteiger partial charge in [0.25, 0.3) is 11.7 Å². The van der Waals surface area contributed by atoms with Crippen LogP contribution in [0.2, 0.25) is 0 Å². The van der Waals surface area contributed by atoms with Gasteiger partial charge in [-0.2, -0.15) is 0 Å². The Labute approximate surface area is 406 Å². The standard InChI is InChI=1S/C54H85NO13/c1-33-17-13-12-14-18-34(2)46(63-9)31-42-22-20-39(7)54(62,68-42)51(59)52(60)55-24-16-15-19-43(55)53(61)67-47(37(5)29-41-21-23-45(66-26-25-56)48(30-41)64-10)32-44(57)36(4)28-35(3)40(8)50(65-11)49(58)38(6)27-33/h12-14,17-18,28,33,36-43,45-48,50,56,62H,15-16,19-27,29-32H2,1-11H3/b14-12?,17-13+,34-18?,35-28+/t33-,36-,37-,38-,39-,40-,41+,42+,43+,45?,46+,47?,48-,50-,54-/m1/s1. The summed E-state index contributed by atoms with van der Waals surface area (Å²) in [5.41, 5.74) is 1.73. The van der Waals surface area contributed by atoms with Crippen LogP contribution >= 0.6 is 0 Å². The molecule has 14 heteroatoms. The Morgan fingerprint density at radius 3 is 2.25 bits per heavy atom. The minimum absolute atomic E-state index is 0.00654. The van der Waals surface area contributed by atoms with Crippen LogP contribution < -0.4 is 0 Å². The zero-order valence-corrected chi connectivity index (χ0v) is 43.0. The van der Waals surface area contributed by atoms with Crippen LogP contribution in [0.15, 0.2) is 47.6 Å². The molecule has 68 heavy (non-hydrogen) atoms. The molecule has 1 aliphatic carbocycles. The normalized spacial score (nSPS) is 37.9. The monoisotopic (exact) mass is 956 g/mol. The van der Waals surface area contributed by atoms with Crippen LogP contribution in [0.4, 0.5) is 0 Å². The van der Waals surface area contributed by atoms with Gasteiger partial charge in [-0.25, -0.2) is 4.79 Å². The maximum atomic E-state index is 14.5. The van der Waals surface area contributed by atoms with Crippen molar-refractivity contribution in [1.29, 1.82) is 0 Å². The largest absolute Gasteiger partial charge is 0.460 e. The maximum absolute atomic E-state index is 14.5. The van der Waals surface area contributed by atoms with Crippen molar-refractivity contribution in [2.24, 2.45) is 41.4 Å². The highest BCUT2D eigenvalue weighted by molar-refractivity contribution is 6.39. The summed E-state index contributed by atoms with van der Waals surface area (Å²) in [6.07, 6.45) is 14.8. The smallest absolute Gasteiger partial charge is 0.329 e. The Bertz CT molecular complexity index is 1810.